The Balaban J connectivity index is 2.95. The lowest BCUT2D eigenvalue weighted by Crippen LogP contribution is -1.93. The van der Waals surface area contributed by atoms with Gasteiger partial charge in [0.1, 0.15) is 5.82 Å². The minimum atomic E-state index is 0.731. The third-order valence-corrected chi connectivity index (χ3v) is 1.70. The van der Waals surface area contributed by atoms with Gasteiger partial charge in [-0.2, -0.15) is 0 Å². The molecule has 52 valence electrons. The summed E-state index contributed by atoms with van der Waals surface area (Å²) in [4.78, 5) is 0. The van der Waals surface area contributed by atoms with Gasteiger partial charge >= 0.3 is 0 Å². The third kappa shape index (κ3) is 0.492. The molecule has 2 aromatic rings. The molecule has 3 nitrogen and oxygen atoms in total. The van der Waals surface area contributed by atoms with Crippen LogP contribution < -0.4 is 5.73 Å². The number of hydrogen-bond acceptors (Lipinski definition) is 2. The lowest BCUT2D eigenvalue weighted by atomic mass is 10.5. The van der Waals surface area contributed by atoms with E-state index in [-0.39, 0.29) is 0 Å². The van der Waals surface area contributed by atoms with Crippen molar-refractivity contribution in [3.63, 3.8) is 0 Å². The van der Waals surface area contributed by atoms with Crippen molar-refractivity contribution < 1.29 is 4.42 Å². The van der Waals surface area contributed by atoms with Gasteiger partial charge in [0, 0.05) is 19.2 Å². The van der Waals surface area contributed by atoms with E-state index in [0.717, 1.165) is 16.9 Å². The summed E-state index contributed by atoms with van der Waals surface area (Å²) in [5, 5.41) is 0. The van der Waals surface area contributed by atoms with Crippen LogP contribution in [0.15, 0.2) is 22.8 Å². The van der Waals surface area contributed by atoms with Crippen LogP contribution in [0.3, 0.4) is 0 Å². The molecule has 0 bridgehead atoms. The van der Waals surface area contributed by atoms with Crippen LogP contribution in [-0.4, -0.2) is 4.57 Å². The molecule has 0 aliphatic carbocycles. The average molecular weight is 136 g/mol. The number of nitrogens with two attached hydrogens (primary N) is 1. The molecule has 0 saturated heterocycles. The SMILES string of the molecule is Cn1c(N)cc2occc21. The number of aryl methyl sites for hydroxylation is 1. The summed E-state index contributed by atoms with van der Waals surface area (Å²) in [6.07, 6.45) is 1.66. The van der Waals surface area contributed by atoms with Gasteiger partial charge in [-0.1, -0.05) is 0 Å². The maximum Gasteiger partial charge on any atom is 0.153 e. The van der Waals surface area contributed by atoms with E-state index in [1.54, 1.807) is 6.26 Å². The molecule has 0 atom stereocenters. The van der Waals surface area contributed by atoms with Crippen LogP contribution in [0.1, 0.15) is 0 Å². The van der Waals surface area contributed by atoms with Crippen molar-refractivity contribution in [3.05, 3.63) is 18.4 Å². The second-order valence-electron chi connectivity index (χ2n) is 2.30. The van der Waals surface area contributed by atoms with Gasteiger partial charge in [0.25, 0.3) is 0 Å². The second kappa shape index (κ2) is 1.56. The predicted octanol–water partition coefficient (Wildman–Crippen LogP) is 1.35. The number of nitrogen functional groups attached to an aromatic ring is 1. The minimum absolute atomic E-state index is 0.731. The molecule has 3 heteroatoms. The number of nitrogens with zero attached hydrogens (tertiary/aromatic N) is 1. The number of rotatable bonds is 0. The van der Waals surface area contributed by atoms with Crippen LogP contribution >= 0.6 is 0 Å². The fourth-order valence-electron chi connectivity index (χ4n) is 1.07. The first-order valence-electron chi connectivity index (χ1n) is 3.07. The molecule has 0 aromatic carbocycles. The van der Waals surface area contributed by atoms with Crippen LogP contribution in [0.25, 0.3) is 11.1 Å². The molecular weight excluding hydrogens is 128 g/mol. The second-order valence-corrected chi connectivity index (χ2v) is 2.30. The van der Waals surface area contributed by atoms with E-state index in [9.17, 15) is 0 Å². The molecule has 0 fully saturated rings. The van der Waals surface area contributed by atoms with Gasteiger partial charge < -0.3 is 14.7 Å². The van der Waals surface area contributed by atoms with E-state index in [1.165, 1.54) is 0 Å². The highest BCUT2D eigenvalue weighted by molar-refractivity contribution is 5.78. The summed E-state index contributed by atoms with van der Waals surface area (Å²) in [7, 11) is 1.91. The zero-order chi connectivity index (χ0) is 7.14. The van der Waals surface area contributed by atoms with Crippen molar-refractivity contribution in [2.75, 3.05) is 5.73 Å². The molecular formula is C7H8N2O. The summed E-state index contributed by atoms with van der Waals surface area (Å²) in [5.41, 5.74) is 7.49. The first-order valence-corrected chi connectivity index (χ1v) is 3.07. The molecule has 2 heterocycles. The zero-order valence-electron chi connectivity index (χ0n) is 5.66. The van der Waals surface area contributed by atoms with Crippen LogP contribution in [0.4, 0.5) is 5.82 Å². The molecule has 0 amide bonds. The summed E-state index contributed by atoms with van der Waals surface area (Å²) >= 11 is 0. The largest absolute Gasteiger partial charge is 0.463 e. The Labute approximate surface area is 58.0 Å². The highest BCUT2D eigenvalue weighted by atomic mass is 16.3. The zero-order valence-corrected chi connectivity index (χ0v) is 5.66. The summed E-state index contributed by atoms with van der Waals surface area (Å²) in [6.45, 7) is 0. The van der Waals surface area contributed by atoms with Gasteiger partial charge in [0.05, 0.1) is 11.8 Å². The normalized spacial score (nSPS) is 10.9. The van der Waals surface area contributed by atoms with Gasteiger partial charge in [-0.15, -0.1) is 0 Å². The smallest absolute Gasteiger partial charge is 0.153 e. The standard InChI is InChI=1S/C7H8N2O/c1-9-5-2-3-10-6(5)4-7(9)8/h2-4H,8H2,1H3. The van der Waals surface area contributed by atoms with Gasteiger partial charge in [0.15, 0.2) is 5.58 Å². The van der Waals surface area contributed by atoms with E-state index in [4.69, 9.17) is 10.2 Å². The number of fused-ring (bicyclic) bond motifs is 1. The molecule has 10 heavy (non-hydrogen) atoms. The van der Waals surface area contributed by atoms with Gasteiger partial charge in [0.2, 0.25) is 0 Å². The van der Waals surface area contributed by atoms with Crippen molar-refractivity contribution in [2.24, 2.45) is 7.05 Å². The van der Waals surface area contributed by atoms with Crippen molar-refractivity contribution >= 4 is 16.9 Å². The summed E-state index contributed by atoms with van der Waals surface area (Å²) in [5.74, 6) is 0.731. The molecule has 2 rings (SSSR count). The number of anilines is 1. The molecule has 0 radical (unpaired) electrons. The van der Waals surface area contributed by atoms with Crippen LogP contribution in [0.5, 0.6) is 0 Å². The monoisotopic (exact) mass is 136 g/mol. The maximum atomic E-state index is 5.60. The maximum absolute atomic E-state index is 5.60. The first-order chi connectivity index (χ1) is 4.79. The molecule has 2 N–H and O–H groups in total. The fraction of sp³-hybridized carbons (Fsp3) is 0.143. The predicted molar refractivity (Wildman–Crippen MR) is 39.6 cm³/mol. The highest BCUT2D eigenvalue weighted by Gasteiger charge is 2.03. The fourth-order valence-corrected chi connectivity index (χ4v) is 1.07. The van der Waals surface area contributed by atoms with Crippen molar-refractivity contribution in [1.82, 2.24) is 4.57 Å². The number of aromatic nitrogens is 1. The van der Waals surface area contributed by atoms with Gasteiger partial charge in [-0.05, 0) is 0 Å². The molecule has 0 saturated carbocycles. The van der Waals surface area contributed by atoms with Crippen LogP contribution in [0.2, 0.25) is 0 Å². The van der Waals surface area contributed by atoms with E-state index < -0.39 is 0 Å². The Hall–Kier alpha value is -1.38. The van der Waals surface area contributed by atoms with E-state index in [2.05, 4.69) is 0 Å². The molecule has 0 aliphatic heterocycles. The molecule has 2 aromatic heterocycles. The summed E-state index contributed by atoms with van der Waals surface area (Å²) in [6, 6.07) is 3.71. The molecule has 0 aliphatic rings. The average Bonchev–Trinajstić information content (AvgIpc) is 2.41. The Bertz CT molecular complexity index is 358. The minimum Gasteiger partial charge on any atom is -0.463 e. The number of hydrogen-bond donors (Lipinski definition) is 1. The Kier molecular flexibility index (Phi) is 0.845. The molecule has 0 unspecified atom stereocenters. The van der Waals surface area contributed by atoms with Crippen molar-refractivity contribution in [1.29, 1.82) is 0 Å². The third-order valence-electron chi connectivity index (χ3n) is 1.70. The Morgan fingerprint density at radius 1 is 1.60 bits per heavy atom. The first kappa shape index (κ1) is 5.41. The van der Waals surface area contributed by atoms with E-state index >= 15 is 0 Å². The Morgan fingerprint density at radius 3 is 3.10 bits per heavy atom. The highest BCUT2D eigenvalue weighted by Crippen LogP contribution is 2.20. The quantitative estimate of drug-likeness (QED) is 0.594. The lowest BCUT2D eigenvalue weighted by molar-refractivity contribution is 0.616. The van der Waals surface area contributed by atoms with Crippen molar-refractivity contribution in [3.8, 4) is 0 Å². The van der Waals surface area contributed by atoms with Crippen molar-refractivity contribution in [2.45, 2.75) is 0 Å². The van der Waals surface area contributed by atoms with Gasteiger partial charge in [-0.25, -0.2) is 0 Å². The van der Waals surface area contributed by atoms with E-state index in [1.807, 2.05) is 23.7 Å². The Morgan fingerprint density at radius 2 is 2.40 bits per heavy atom. The van der Waals surface area contributed by atoms with Crippen LogP contribution in [-0.2, 0) is 7.05 Å². The summed E-state index contributed by atoms with van der Waals surface area (Å²) < 4.78 is 7.01. The lowest BCUT2D eigenvalue weighted by Gasteiger charge is -1.92. The van der Waals surface area contributed by atoms with Gasteiger partial charge in [-0.3, -0.25) is 0 Å². The van der Waals surface area contributed by atoms with Crippen LogP contribution in [0, 0.1) is 0 Å². The number of furan rings is 1. The van der Waals surface area contributed by atoms with E-state index in [0.29, 0.717) is 0 Å². The molecule has 0 spiro atoms. The topological polar surface area (TPSA) is 44.1 Å².